The summed E-state index contributed by atoms with van der Waals surface area (Å²) in [6.07, 6.45) is 1.81. The van der Waals surface area contributed by atoms with Gasteiger partial charge in [0.25, 0.3) is 5.91 Å². The molecular formula is C19H18FN3O. The molecule has 122 valence electrons. The molecule has 2 aromatic rings. The van der Waals surface area contributed by atoms with Crippen LogP contribution in [0, 0.1) is 5.82 Å². The predicted molar refractivity (Wildman–Crippen MR) is 95.7 cm³/mol. The van der Waals surface area contributed by atoms with Crippen LogP contribution in [0.3, 0.4) is 0 Å². The van der Waals surface area contributed by atoms with Crippen LogP contribution in [0.4, 0.5) is 15.8 Å². The first-order valence-electron chi connectivity index (χ1n) is 7.60. The summed E-state index contributed by atoms with van der Waals surface area (Å²) in [5.41, 5.74) is 3.55. The van der Waals surface area contributed by atoms with Crippen molar-refractivity contribution in [2.75, 3.05) is 24.0 Å². The fraction of sp³-hybridized carbons (Fsp3) is 0.158. The molecule has 0 fully saturated rings. The topological polar surface area (TPSA) is 35.9 Å². The average molecular weight is 323 g/mol. The molecule has 0 N–H and O–H groups in total. The van der Waals surface area contributed by atoms with Gasteiger partial charge in [-0.1, -0.05) is 18.2 Å². The maximum absolute atomic E-state index is 13.4. The van der Waals surface area contributed by atoms with Crippen molar-refractivity contribution in [3.05, 3.63) is 65.5 Å². The van der Waals surface area contributed by atoms with E-state index in [4.69, 9.17) is 0 Å². The number of anilines is 2. The Bertz CT molecular complexity index is 838. The number of carbonyl (C=O) groups excluding carboxylic acids is 1. The first-order chi connectivity index (χ1) is 11.5. The SMILES string of the molecule is CC1=NN(c2cccc(F)c2)C(=O)/C1=C\c1ccc(N(C)C)cc1. The molecule has 0 spiro atoms. The zero-order chi connectivity index (χ0) is 17.3. The van der Waals surface area contributed by atoms with Gasteiger partial charge in [0.2, 0.25) is 0 Å². The summed E-state index contributed by atoms with van der Waals surface area (Å²) >= 11 is 0. The molecule has 0 radical (unpaired) electrons. The minimum Gasteiger partial charge on any atom is -0.378 e. The lowest BCUT2D eigenvalue weighted by atomic mass is 10.1. The lowest BCUT2D eigenvalue weighted by Gasteiger charge is -2.12. The number of halogens is 1. The highest BCUT2D eigenvalue weighted by Gasteiger charge is 2.28. The quantitative estimate of drug-likeness (QED) is 0.808. The maximum Gasteiger partial charge on any atom is 0.280 e. The monoisotopic (exact) mass is 323 g/mol. The number of hydrogen-bond donors (Lipinski definition) is 0. The summed E-state index contributed by atoms with van der Waals surface area (Å²) in [5, 5.41) is 5.50. The Balaban J connectivity index is 1.90. The molecule has 0 aliphatic carbocycles. The lowest BCUT2D eigenvalue weighted by molar-refractivity contribution is -0.114. The minimum atomic E-state index is -0.398. The van der Waals surface area contributed by atoms with E-state index in [0.717, 1.165) is 11.3 Å². The molecular weight excluding hydrogens is 305 g/mol. The van der Waals surface area contributed by atoms with Crippen LogP contribution < -0.4 is 9.91 Å². The normalized spacial score (nSPS) is 15.8. The van der Waals surface area contributed by atoms with Gasteiger partial charge in [0.1, 0.15) is 5.82 Å². The number of hydrazone groups is 1. The molecule has 1 aliphatic heterocycles. The Morgan fingerprint density at radius 1 is 1.12 bits per heavy atom. The number of carbonyl (C=O) groups is 1. The molecule has 1 amide bonds. The summed E-state index contributed by atoms with van der Waals surface area (Å²) in [7, 11) is 3.95. The third-order valence-electron chi connectivity index (χ3n) is 3.84. The molecule has 3 rings (SSSR count). The predicted octanol–water partition coefficient (Wildman–Crippen LogP) is 3.70. The van der Waals surface area contributed by atoms with Gasteiger partial charge < -0.3 is 4.90 Å². The number of rotatable bonds is 3. The Morgan fingerprint density at radius 3 is 2.46 bits per heavy atom. The minimum absolute atomic E-state index is 0.255. The fourth-order valence-electron chi connectivity index (χ4n) is 2.50. The van der Waals surface area contributed by atoms with Gasteiger partial charge in [0, 0.05) is 19.8 Å². The smallest absolute Gasteiger partial charge is 0.280 e. The van der Waals surface area contributed by atoms with Crippen molar-refractivity contribution in [3.63, 3.8) is 0 Å². The molecule has 0 bridgehead atoms. The van der Waals surface area contributed by atoms with Crippen LogP contribution in [-0.2, 0) is 4.79 Å². The third kappa shape index (κ3) is 3.06. The largest absolute Gasteiger partial charge is 0.378 e. The van der Waals surface area contributed by atoms with Gasteiger partial charge in [0.15, 0.2) is 0 Å². The Morgan fingerprint density at radius 2 is 1.83 bits per heavy atom. The molecule has 0 atom stereocenters. The molecule has 0 saturated heterocycles. The number of benzene rings is 2. The van der Waals surface area contributed by atoms with E-state index in [2.05, 4.69) is 5.10 Å². The molecule has 2 aromatic carbocycles. The lowest BCUT2D eigenvalue weighted by Crippen LogP contribution is -2.21. The van der Waals surface area contributed by atoms with Crippen LogP contribution in [0.2, 0.25) is 0 Å². The summed E-state index contributed by atoms with van der Waals surface area (Å²) in [6, 6.07) is 13.7. The van der Waals surface area contributed by atoms with E-state index in [-0.39, 0.29) is 5.91 Å². The van der Waals surface area contributed by atoms with E-state index in [1.807, 2.05) is 43.3 Å². The Hall–Kier alpha value is -2.95. The highest BCUT2D eigenvalue weighted by Crippen LogP contribution is 2.25. The van der Waals surface area contributed by atoms with Crippen molar-refractivity contribution >= 4 is 29.1 Å². The van der Waals surface area contributed by atoms with E-state index in [1.54, 1.807) is 25.1 Å². The maximum atomic E-state index is 13.4. The molecule has 0 aromatic heterocycles. The van der Waals surface area contributed by atoms with E-state index in [0.29, 0.717) is 17.0 Å². The van der Waals surface area contributed by atoms with Crippen LogP contribution in [0.15, 0.2) is 59.2 Å². The van der Waals surface area contributed by atoms with Crippen molar-refractivity contribution in [2.45, 2.75) is 6.92 Å². The van der Waals surface area contributed by atoms with Gasteiger partial charge in [-0.2, -0.15) is 10.1 Å². The third-order valence-corrected chi connectivity index (χ3v) is 3.84. The van der Waals surface area contributed by atoms with E-state index in [1.165, 1.54) is 17.1 Å². The molecule has 0 unspecified atom stereocenters. The van der Waals surface area contributed by atoms with Gasteiger partial charge >= 0.3 is 0 Å². The second kappa shape index (κ2) is 6.28. The van der Waals surface area contributed by atoms with E-state index in [9.17, 15) is 9.18 Å². The van der Waals surface area contributed by atoms with Gasteiger partial charge in [-0.25, -0.2) is 4.39 Å². The second-order valence-corrected chi connectivity index (χ2v) is 5.83. The number of amides is 1. The van der Waals surface area contributed by atoms with Gasteiger partial charge in [-0.05, 0) is 48.9 Å². The van der Waals surface area contributed by atoms with Crippen LogP contribution in [-0.4, -0.2) is 25.7 Å². The molecule has 1 heterocycles. The molecule has 24 heavy (non-hydrogen) atoms. The molecule has 4 nitrogen and oxygen atoms in total. The van der Waals surface area contributed by atoms with Crippen molar-refractivity contribution < 1.29 is 9.18 Å². The zero-order valence-electron chi connectivity index (χ0n) is 13.8. The highest BCUT2D eigenvalue weighted by molar-refractivity contribution is 6.32. The van der Waals surface area contributed by atoms with Crippen LogP contribution in [0.5, 0.6) is 0 Å². The van der Waals surface area contributed by atoms with Crippen LogP contribution in [0.1, 0.15) is 12.5 Å². The fourth-order valence-corrected chi connectivity index (χ4v) is 2.50. The van der Waals surface area contributed by atoms with Crippen LogP contribution in [0.25, 0.3) is 6.08 Å². The second-order valence-electron chi connectivity index (χ2n) is 5.83. The molecule has 0 saturated carbocycles. The zero-order valence-corrected chi connectivity index (χ0v) is 13.8. The van der Waals surface area contributed by atoms with Gasteiger partial charge in [-0.3, -0.25) is 4.79 Å². The van der Waals surface area contributed by atoms with Crippen LogP contribution >= 0.6 is 0 Å². The Kier molecular flexibility index (Phi) is 4.16. The van der Waals surface area contributed by atoms with Gasteiger partial charge in [0.05, 0.1) is 17.0 Å². The first-order valence-corrected chi connectivity index (χ1v) is 7.60. The van der Waals surface area contributed by atoms with Crippen molar-refractivity contribution in [1.29, 1.82) is 0 Å². The Labute approximate surface area is 140 Å². The molecule has 5 heteroatoms. The summed E-state index contributed by atoms with van der Waals surface area (Å²) < 4.78 is 13.4. The summed E-state index contributed by atoms with van der Waals surface area (Å²) in [6.45, 7) is 1.78. The standard InChI is InChI=1S/C19H18FN3O/c1-13-18(11-14-7-9-16(10-8-14)22(2)3)19(24)23(21-13)17-6-4-5-15(20)12-17/h4-12H,1-3H3/b18-11-. The first kappa shape index (κ1) is 15.9. The highest BCUT2D eigenvalue weighted by atomic mass is 19.1. The van der Waals surface area contributed by atoms with Crippen molar-refractivity contribution in [3.8, 4) is 0 Å². The number of nitrogens with zero attached hydrogens (tertiary/aromatic N) is 3. The summed E-state index contributed by atoms with van der Waals surface area (Å²) in [5.74, 6) is -0.653. The van der Waals surface area contributed by atoms with Crippen molar-refractivity contribution in [2.24, 2.45) is 5.10 Å². The van der Waals surface area contributed by atoms with Gasteiger partial charge in [-0.15, -0.1) is 0 Å². The summed E-state index contributed by atoms with van der Waals surface area (Å²) in [4.78, 5) is 14.6. The molecule has 1 aliphatic rings. The van der Waals surface area contributed by atoms with E-state index >= 15 is 0 Å². The van der Waals surface area contributed by atoms with Crippen molar-refractivity contribution in [1.82, 2.24) is 0 Å². The number of hydrogen-bond acceptors (Lipinski definition) is 3. The average Bonchev–Trinajstić information content (AvgIpc) is 2.83. The van der Waals surface area contributed by atoms with E-state index < -0.39 is 5.82 Å².